The van der Waals surface area contributed by atoms with Gasteiger partial charge in [0.05, 0.1) is 23.2 Å². The Kier molecular flexibility index (Phi) is 3.67. The molecule has 124 valence electrons. The Hall–Kier alpha value is -1.83. The largest absolute Gasteiger partial charge is 0.481 e. The number of rotatable bonds is 1. The molecule has 3 fully saturated rings. The van der Waals surface area contributed by atoms with E-state index in [1.807, 2.05) is 6.07 Å². The summed E-state index contributed by atoms with van der Waals surface area (Å²) >= 11 is 6.37. The fourth-order valence-corrected chi connectivity index (χ4v) is 4.04. The van der Waals surface area contributed by atoms with E-state index < -0.39 is 0 Å². The molecule has 0 amide bonds. The van der Waals surface area contributed by atoms with Crippen LogP contribution in [0.25, 0.3) is 11.0 Å². The molecule has 0 spiro atoms. The van der Waals surface area contributed by atoms with E-state index in [1.165, 1.54) is 0 Å². The summed E-state index contributed by atoms with van der Waals surface area (Å²) in [5.74, 6) is 7.39. The normalized spacial score (nSPS) is 28.5. The Balaban J connectivity index is 1.77. The topological polar surface area (TPSA) is 61.0 Å². The Bertz CT molecular complexity index is 843. The van der Waals surface area contributed by atoms with Crippen LogP contribution >= 0.6 is 11.6 Å². The molecule has 0 aliphatic heterocycles. The molecule has 0 aromatic carbocycles. The van der Waals surface area contributed by atoms with Crippen LogP contribution in [0.4, 0.5) is 0 Å². The van der Waals surface area contributed by atoms with Crippen LogP contribution in [0, 0.1) is 17.3 Å². The van der Waals surface area contributed by atoms with Gasteiger partial charge in [0.1, 0.15) is 5.52 Å². The predicted molar refractivity (Wildman–Crippen MR) is 95.0 cm³/mol. The van der Waals surface area contributed by atoms with Crippen LogP contribution in [-0.4, -0.2) is 22.6 Å². The van der Waals surface area contributed by atoms with Crippen LogP contribution < -0.4 is 10.5 Å². The second kappa shape index (κ2) is 5.61. The lowest BCUT2D eigenvalue weighted by Gasteiger charge is -2.49. The fraction of sp³-hybridized carbons (Fsp3) is 0.474. The van der Waals surface area contributed by atoms with Crippen LogP contribution in [-0.2, 0) is 0 Å². The molecule has 2 aromatic rings. The highest BCUT2D eigenvalue weighted by Gasteiger charge is 2.45. The van der Waals surface area contributed by atoms with Crippen molar-refractivity contribution in [3.63, 3.8) is 0 Å². The zero-order chi connectivity index (χ0) is 16.8. The van der Waals surface area contributed by atoms with E-state index in [2.05, 4.69) is 21.8 Å². The van der Waals surface area contributed by atoms with Gasteiger partial charge in [0, 0.05) is 23.2 Å². The molecule has 0 unspecified atom stereocenters. The molecule has 3 aliphatic rings. The van der Waals surface area contributed by atoms with E-state index in [4.69, 9.17) is 22.1 Å². The molecular weight excluding hydrogens is 322 g/mol. The van der Waals surface area contributed by atoms with Crippen molar-refractivity contribution in [3.8, 4) is 17.7 Å². The van der Waals surface area contributed by atoms with Gasteiger partial charge in [0.15, 0.2) is 0 Å². The average molecular weight is 342 g/mol. The lowest BCUT2D eigenvalue weighted by Crippen LogP contribution is -2.51. The molecule has 2 heterocycles. The van der Waals surface area contributed by atoms with Gasteiger partial charge in [-0.1, -0.05) is 23.4 Å². The van der Waals surface area contributed by atoms with E-state index in [9.17, 15) is 0 Å². The van der Waals surface area contributed by atoms with Gasteiger partial charge in [-0.05, 0) is 44.6 Å². The number of pyridine rings is 2. The monoisotopic (exact) mass is 341 g/mol. The Labute approximate surface area is 146 Å². The van der Waals surface area contributed by atoms with Gasteiger partial charge in [0.25, 0.3) is 0 Å². The number of methoxy groups -OCH3 is 1. The molecule has 0 saturated heterocycles. The number of fused-ring (bicyclic) bond motifs is 4. The van der Waals surface area contributed by atoms with Crippen molar-refractivity contribution < 1.29 is 4.74 Å². The van der Waals surface area contributed by atoms with E-state index in [-0.39, 0.29) is 11.0 Å². The summed E-state index contributed by atoms with van der Waals surface area (Å²) < 4.78 is 5.23. The first kappa shape index (κ1) is 15.7. The molecular formula is C19H20ClN3O. The second-order valence-corrected chi connectivity index (χ2v) is 7.50. The lowest BCUT2D eigenvalue weighted by atomic mass is 9.58. The van der Waals surface area contributed by atoms with Gasteiger partial charge < -0.3 is 10.5 Å². The molecule has 0 radical (unpaired) electrons. The maximum absolute atomic E-state index is 6.39. The summed E-state index contributed by atoms with van der Waals surface area (Å²) in [7, 11) is 1.60. The van der Waals surface area contributed by atoms with Crippen molar-refractivity contribution >= 4 is 22.6 Å². The Morgan fingerprint density at radius 1 is 1.17 bits per heavy atom. The molecule has 3 saturated carbocycles. The molecule has 2 N–H and O–H groups in total. The number of hydrogen-bond donors (Lipinski definition) is 1. The summed E-state index contributed by atoms with van der Waals surface area (Å²) in [6.45, 7) is 0. The standard InChI is InChI=1S/C19H20ClN3O/c1-24-16-3-2-15-17(23-16)13(14(20)12-22-15)4-5-18-6-9-19(21,10-7-18)11-8-18/h2-3,12H,6-11,21H2,1H3. The van der Waals surface area contributed by atoms with Crippen molar-refractivity contribution in [2.45, 2.75) is 44.1 Å². The van der Waals surface area contributed by atoms with E-state index in [0.29, 0.717) is 16.4 Å². The minimum Gasteiger partial charge on any atom is -0.481 e. The fourth-order valence-electron chi connectivity index (χ4n) is 3.86. The first-order chi connectivity index (χ1) is 11.5. The van der Waals surface area contributed by atoms with Crippen molar-refractivity contribution in [1.82, 2.24) is 9.97 Å². The van der Waals surface area contributed by atoms with Gasteiger partial charge in [0.2, 0.25) is 5.88 Å². The molecule has 4 nitrogen and oxygen atoms in total. The van der Waals surface area contributed by atoms with Crippen molar-refractivity contribution in [1.29, 1.82) is 0 Å². The van der Waals surface area contributed by atoms with Crippen molar-refractivity contribution in [2.75, 3.05) is 7.11 Å². The van der Waals surface area contributed by atoms with Crippen LogP contribution in [0.2, 0.25) is 5.02 Å². The van der Waals surface area contributed by atoms with Gasteiger partial charge >= 0.3 is 0 Å². The first-order valence-electron chi connectivity index (χ1n) is 8.34. The molecule has 24 heavy (non-hydrogen) atoms. The zero-order valence-corrected chi connectivity index (χ0v) is 14.5. The van der Waals surface area contributed by atoms with Crippen molar-refractivity contribution in [2.24, 2.45) is 11.1 Å². The highest BCUT2D eigenvalue weighted by molar-refractivity contribution is 6.32. The summed E-state index contributed by atoms with van der Waals surface area (Å²) in [6, 6.07) is 3.67. The summed E-state index contributed by atoms with van der Waals surface area (Å²) in [5.41, 5.74) is 8.74. The third kappa shape index (κ3) is 2.62. The molecule has 3 aliphatic carbocycles. The maximum Gasteiger partial charge on any atom is 0.213 e. The highest BCUT2D eigenvalue weighted by atomic mass is 35.5. The second-order valence-electron chi connectivity index (χ2n) is 7.10. The Morgan fingerprint density at radius 3 is 2.54 bits per heavy atom. The first-order valence-corrected chi connectivity index (χ1v) is 8.72. The average Bonchev–Trinajstić information content (AvgIpc) is 2.62. The molecule has 0 atom stereocenters. The van der Waals surface area contributed by atoms with Crippen LogP contribution in [0.1, 0.15) is 44.1 Å². The molecule has 2 aromatic heterocycles. The summed E-state index contributed by atoms with van der Waals surface area (Å²) in [6.07, 6.45) is 8.08. The lowest BCUT2D eigenvalue weighted by molar-refractivity contribution is 0.0919. The number of aromatic nitrogens is 2. The SMILES string of the molecule is COc1ccc2ncc(Cl)c(C#CC34CCC(N)(CC3)CC4)c2n1. The van der Waals surface area contributed by atoms with Gasteiger partial charge in [-0.25, -0.2) is 4.98 Å². The summed E-state index contributed by atoms with van der Waals surface area (Å²) in [4.78, 5) is 8.83. The molecule has 2 bridgehead atoms. The van der Waals surface area contributed by atoms with Crippen molar-refractivity contribution in [3.05, 3.63) is 28.9 Å². The minimum atomic E-state index is 0.0549. The number of nitrogens with two attached hydrogens (primary N) is 1. The number of ether oxygens (including phenoxy) is 1. The third-order valence-electron chi connectivity index (χ3n) is 5.61. The van der Waals surface area contributed by atoms with Gasteiger partial charge in [-0.15, -0.1) is 0 Å². The summed E-state index contributed by atoms with van der Waals surface area (Å²) in [5, 5.41) is 0.534. The van der Waals surface area contributed by atoms with Gasteiger partial charge in [-0.3, -0.25) is 4.98 Å². The van der Waals surface area contributed by atoms with E-state index in [0.717, 1.165) is 49.6 Å². The van der Waals surface area contributed by atoms with E-state index in [1.54, 1.807) is 19.4 Å². The molecule has 5 heteroatoms. The van der Waals surface area contributed by atoms with Crippen LogP contribution in [0.5, 0.6) is 5.88 Å². The van der Waals surface area contributed by atoms with E-state index >= 15 is 0 Å². The minimum absolute atomic E-state index is 0.0549. The predicted octanol–water partition coefficient (Wildman–Crippen LogP) is 3.70. The highest BCUT2D eigenvalue weighted by Crippen LogP contribution is 2.50. The zero-order valence-electron chi connectivity index (χ0n) is 13.7. The third-order valence-corrected chi connectivity index (χ3v) is 5.89. The number of halogens is 1. The van der Waals surface area contributed by atoms with Crippen LogP contribution in [0.3, 0.4) is 0 Å². The number of nitrogens with zero attached hydrogens (tertiary/aromatic N) is 2. The quantitative estimate of drug-likeness (QED) is 0.803. The smallest absolute Gasteiger partial charge is 0.213 e. The molecule has 5 rings (SSSR count). The van der Waals surface area contributed by atoms with Crippen LogP contribution in [0.15, 0.2) is 18.3 Å². The van der Waals surface area contributed by atoms with Gasteiger partial charge in [-0.2, -0.15) is 0 Å². The maximum atomic E-state index is 6.39. The Morgan fingerprint density at radius 2 is 1.88 bits per heavy atom. The number of hydrogen-bond acceptors (Lipinski definition) is 4.